The Balaban J connectivity index is 1.74. The number of nitrogens with zero attached hydrogens (tertiary/aromatic N) is 2. The number of rotatable bonds is 7. The van der Waals surface area contributed by atoms with Gasteiger partial charge >= 0.3 is 0 Å². The number of halogens is 1. The molecule has 0 radical (unpaired) electrons. The normalized spacial score (nSPS) is 13.6. The van der Waals surface area contributed by atoms with Gasteiger partial charge in [-0.1, -0.05) is 29.3 Å². The number of hydrogen-bond acceptors (Lipinski definition) is 4. The SMILES string of the molecule is COc1ccc(Cl)cc1NC(=O)CN(CC(=O)N1CCCCC1)c1ccc(C)cc1. The maximum absolute atomic E-state index is 12.8. The fourth-order valence-electron chi connectivity index (χ4n) is 3.54. The predicted molar refractivity (Wildman–Crippen MR) is 120 cm³/mol. The summed E-state index contributed by atoms with van der Waals surface area (Å²) in [5.74, 6) is 0.324. The molecule has 0 aromatic heterocycles. The van der Waals surface area contributed by atoms with Gasteiger partial charge in [0.2, 0.25) is 11.8 Å². The van der Waals surface area contributed by atoms with Crippen LogP contribution in [0.4, 0.5) is 11.4 Å². The Bertz CT molecular complexity index is 880. The van der Waals surface area contributed by atoms with E-state index in [1.165, 1.54) is 7.11 Å². The number of piperidine rings is 1. The summed E-state index contributed by atoms with van der Waals surface area (Å²) in [6, 6.07) is 12.9. The monoisotopic (exact) mass is 429 g/mol. The summed E-state index contributed by atoms with van der Waals surface area (Å²) in [5.41, 5.74) is 2.45. The quantitative estimate of drug-likeness (QED) is 0.719. The molecular formula is C23H28ClN3O3. The third-order valence-corrected chi connectivity index (χ3v) is 5.44. The first-order valence-corrected chi connectivity index (χ1v) is 10.6. The minimum absolute atomic E-state index is 0.0400. The Morgan fingerprint density at radius 3 is 2.43 bits per heavy atom. The van der Waals surface area contributed by atoms with E-state index in [-0.39, 0.29) is 24.9 Å². The molecule has 3 rings (SSSR count). The van der Waals surface area contributed by atoms with Crippen LogP contribution in [0.15, 0.2) is 42.5 Å². The summed E-state index contributed by atoms with van der Waals surface area (Å²) in [6.45, 7) is 3.77. The molecule has 2 aromatic carbocycles. The first kappa shape index (κ1) is 22.0. The molecule has 7 heteroatoms. The standard InChI is InChI=1S/C23H28ClN3O3/c1-17-6-9-19(10-7-17)27(16-23(29)26-12-4-3-5-13-26)15-22(28)25-20-14-18(24)8-11-21(20)30-2/h6-11,14H,3-5,12-13,15-16H2,1-2H3,(H,25,28). The lowest BCUT2D eigenvalue weighted by molar-refractivity contribution is -0.130. The fraction of sp³-hybridized carbons (Fsp3) is 0.391. The van der Waals surface area contributed by atoms with Gasteiger partial charge < -0.3 is 19.9 Å². The van der Waals surface area contributed by atoms with Crippen LogP contribution in [0.1, 0.15) is 24.8 Å². The topological polar surface area (TPSA) is 61.9 Å². The Hall–Kier alpha value is -2.73. The van der Waals surface area contributed by atoms with Gasteiger partial charge in [-0.3, -0.25) is 9.59 Å². The van der Waals surface area contributed by atoms with Crippen molar-refractivity contribution in [3.63, 3.8) is 0 Å². The lowest BCUT2D eigenvalue weighted by Gasteiger charge is -2.31. The van der Waals surface area contributed by atoms with Crippen molar-refractivity contribution in [2.24, 2.45) is 0 Å². The minimum atomic E-state index is -0.248. The third-order valence-electron chi connectivity index (χ3n) is 5.20. The zero-order valence-corrected chi connectivity index (χ0v) is 18.2. The van der Waals surface area contributed by atoms with Crippen LogP contribution in [0.5, 0.6) is 5.75 Å². The van der Waals surface area contributed by atoms with E-state index in [4.69, 9.17) is 16.3 Å². The van der Waals surface area contributed by atoms with Crippen molar-refractivity contribution in [2.75, 3.05) is 43.5 Å². The molecule has 2 aromatic rings. The number of amides is 2. The second kappa shape index (κ2) is 10.3. The van der Waals surface area contributed by atoms with Gasteiger partial charge in [0.15, 0.2) is 0 Å². The summed E-state index contributed by atoms with van der Waals surface area (Å²) < 4.78 is 5.30. The second-order valence-corrected chi connectivity index (χ2v) is 7.96. The van der Waals surface area contributed by atoms with Gasteiger partial charge in [0.05, 0.1) is 25.9 Å². The number of benzene rings is 2. The lowest BCUT2D eigenvalue weighted by atomic mass is 10.1. The highest BCUT2D eigenvalue weighted by molar-refractivity contribution is 6.31. The molecule has 1 fully saturated rings. The van der Waals surface area contributed by atoms with Crippen molar-refractivity contribution in [1.29, 1.82) is 0 Å². The van der Waals surface area contributed by atoms with Crippen LogP contribution in [-0.2, 0) is 9.59 Å². The Morgan fingerprint density at radius 2 is 1.77 bits per heavy atom. The van der Waals surface area contributed by atoms with Gasteiger partial charge in [0.25, 0.3) is 0 Å². The molecule has 0 saturated carbocycles. The molecule has 2 amide bonds. The minimum Gasteiger partial charge on any atom is -0.495 e. The van der Waals surface area contributed by atoms with Crippen LogP contribution in [0.3, 0.4) is 0 Å². The largest absolute Gasteiger partial charge is 0.495 e. The predicted octanol–water partition coefficient (Wildman–Crippen LogP) is 4.11. The molecule has 1 heterocycles. The number of anilines is 2. The summed E-state index contributed by atoms with van der Waals surface area (Å²) in [7, 11) is 1.54. The number of ether oxygens (including phenoxy) is 1. The molecule has 1 aliphatic rings. The molecular weight excluding hydrogens is 402 g/mol. The van der Waals surface area contributed by atoms with Crippen molar-refractivity contribution in [3.8, 4) is 5.75 Å². The molecule has 0 spiro atoms. The average Bonchev–Trinajstić information content (AvgIpc) is 2.74. The van der Waals surface area contributed by atoms with E-state index < -0.39 is 0 Å². The number of carbonyl (C=O) groups is 2. The van der Waals surface area contributed by atoms with Gasteiger partial charge in [-0.2, -0.15) is 0 Å². The average molecular weight is 430 g/mol. The van der Waals surface area contributed by atoms with Crippen molar-refractivity contribution >= 4 is 34.8 Å². The molecule has 0 unspecified atom stereocenters. The molecule has 0 bridgehead atoms. The van der Waals surface area contributed by atoms with E-state index in [2.05, 4.69) is 5.32 Å². The number of carbonyl (C=O) groups excluding carboxylic acids is 2. The lowest BCUT2D eigenvalue weighted by Crippen LogP contribution is -2.45. The zero-order chi connectivity index (χ0) is 21.5. The van der Waals surface area contributed by atoms with Gasteiger partial charge in [0, 0.05) is 23.8 Å². The maximum Gasteiger partial charge on any atom is 0.244 e. The van der Waals surface area contributed by atoms with Gasteiger partial charge in [-0.15, -0.1) is 0 Å². The van der Waals surface area contributed by atoms with E-state index in [1.54, 1.807) is 18.2 Å². The molecule has 1 saturated heterocycles. The van der Waals surface area contributed by atoms with E-state index in [9.17, 15) is 9.59 Å². The van der Waals surface area contributed by atoms with Crippen LogP contribution in [0.25, 0.3) is 0 Å². The van der Waals surface area contributed by atoms with E-state index in [1.807, 2.05) is 41.0 Å². The first-order chi connectivity index (χ1) is 14.5. The van der Waals surface area contributed by atoms with Crippen LogP contribution in [-0.4, -0.2) is 50.0 Å². The first-order valence-electron chi connectivity index (χ1n) is 10.2. The zero-order valence-electron chi connectivity index (χ0n) is 17.5. The van der Waals surface area contributed by atoms with Crippen LogP contribution < -0.4 is 15.0 Å². The van der Waals surface area contributed by atoms with E-state index in [0.29, 0.717) is 16.5 Å². The molecule has 0 atom stereocenters. The van der Waals surface area contributed by atoms with Gasteiger partial charge in [-0.05, 0) is 56.5 Å². The summed E-state index contributed by atoms with van der Waals surface area (Å²) in [6.07, 6.45) is 3.23. The highest BCUT2D eigenvalue weighted by atomic mass is 35.5. The van der Waals surface area contributed by atoms with Crippen LogP contribution >= 0.6 is 11.6 Å². The van der Waals surface area contributed by atoms with Crippen molar-refractivity contribution in [1.82, 2.24) is 4.90 Å². The number of methoxy groups -OCH3 is 1. The van der Waals surface area contributed by atoms with Crippen molar-refractivity contribution in [3.05, 3.63) is 53.1 Å². The highest BCUT2D eigenvalue weighted by Gasteiger charge is 2.22. The highest BCUT2D eigenvalue weighted by Crippen LogP contribution is 2.27. The fourth-order valence-corrected chi connectivity index (χ4v) is 3.71. The number of aryl methyl sites for hydroxylation is 1. The molecule has 0 aliphatic carbocycles. The third kappa shape index (κ3) is 5.89. The van der Waals surface area contributed by atoms with Crippen molar-refractivity contribution < 1.29 is 14.3 Å². The number of nitrogens with one attached hydrogen (secondary N) is 1. The molecule has 1 N–H and O–H groups in total. The van der Waals surface area contributed by atoms with Crippen LogP contribution in [0.2, 0.25) is 5.02 Å². The summed E-state index contributed by atoms with van der Waals surface area (Å²) in [5, 5.41) is 3.35. The Kier molecular flexibility index (Phi) is 7.57. The number of hydrogen-bond donors (Lipinski definition) is 1. The van der Waals surface area contributed by atoms with E-state index >= 15 is 0 Å². The second-order valence-electron chi connectivity index (χ2n) is 7.53. The summed E-state index contributed by atoms with van der Waals surface area (Å²) in [4.78, 5) is 29.4. The molecule has 160 valence electrons. The molecule has 30 heavy (non-hydrogen) atoms. The number of likely N-dealkylation sites (tertiary alicyclic amines) is 1. The summed E-state index contributed by atoms with van der Waals surface area (Å²) >= 11 is 6.06. The van der Waals surface area contributed by atoms with Gasteiger partial charge in [0.1, 0.15) is 5.75 Å². The Labute approximate surface area is 182 Å². The van der Waals surface area contributed by atoms with Crippen LogP contribution in [0, 0.1) is 6.92 Å². The van der Waals surface area contributed by atoms with E-state index in [0.717, 1.165) is 43.6 Å². The molecule has 1 aliphatic heterocycles. The van der Waals surface area contributed by atoms with Crippen molar-refractivity contribution in [2.45, 2.75) is 26.2 Å². The maximum atomic E-state index is 12.8. The Morgan fingerprint density at radius 1 is 1.07 bits per heavy atom. The van der Waals surface area contributed by atoms with Gasteiger partial charge in [-0.25, -0.2) is 0 Å². The smallest absolute Gasteiger partial charge is 0.244 e. The molecule has 6 nitrogen and oxygen atoms in total.